The summed E-state index contributed by atoms with van der Waals surface area (Å²) in [7, 11) is 0. The molecule has 1 saturated carbocycles. The number of benzene rings is 2. The normalized spacial score (nSPS) is 21.4. The molecule has 152 valence electrons. The third-order valence-electron chi connectivity index (χ3n) is 5.34. The first-order valence-electron chi connectivity index (χ1n) is 9.85. The molecule has 2 atom stereocenters. The van der Waals surface area contributed by atoms with Crippen molar-refractivity contribution >= 4 is 34.8 Å². The van der Waals surface area contributed by atoms with Crippen LogP contribution in [0, 0.1) is 5.92 Å². The second kappa shape index (κ2) is 8.95. The van der Waals surface area contributed by atoms with E-state index in [9.17, 15) is 9.59 Å². The van der Waals surface area contributed by atoms with Crippen LogP contribution in [0.2, 0.25) is 5.02 Å². The predicted octanol–water partition coefficient (Wildman–Crippen LogP) is 3.35. The lowest BCUT2D eigenvalue weighted by Gasteiger charge is -2.25. The first-order valence-corrected chi connectivity index (χ1v) is 10.2. The van der Waals surface area contributed by atoms with Gasteiger partial charge in [0.05, 0.1) is 19.8 Å². The molecule has 2 unspecified atom stereocenters. The van der Waals surface area contributed by atoms with Gasteiger partial charge in [0.25, 0.3) is 0 Å². The molecule has 2 aromatic carbocycles. The average Bonchev–Trinajstić information content (AvgIpc) is 3.51. The van der Waals surface area contributed by atoms with Crippen molar-refractivity contribution in [2.45, 2.75) is 12.3 Å². The van der Waals surface area contributed by atoms with Gasteiger partial charge in [-0.25, -0.2) is 0 Å². The number of rotatable bonds is 6. The lowest BCUT2D eigenvalue weighted by atomic mass is 10.1. The number of carbonyl (C=O) groups excluding carboxylic acids is 2. The van der Waals surface area contributed by atoms with E-state index in [4.69, 9.17) is 16.3 Å². The molecule has 1 heterocycles. The minimum atomic E-state index is -0.0530. The molecule has 1 aliphatic heterocycles. The maximum Gasteiger partial charge on any atom is 0.238 e. The Morgan fingerprint density at radius 1 is 1.00 bits per heavy atom. The number of anilines is 2. The van der Waals surface area contributed by atoms with E-state index in [0.29, 0.717) is 36.2 Å². The van der Waals surface area contributed by atoms with Crippen LogP contribution in [0.15, 0.2) is 48.5 Å². The molecule has 0 bridgehead atoms. The van der Waals surface area contributed by atoms with Crippen LogP contribution in [0.25, 0.3) is 0 Å². The highest BCUT2D eigenvalue weighted by atomic mass is 35.5. The summed E-state index contributed by atoms with van der Waals surface area (Å²) >= 11 is 6.23. The van der Waals surface area contributed by atoms with E-state index in [-0.39, 0.29) is 23.7 Å². The van der Waals surface area contributed by atoms with Crippen molar-refractivity contribution in [3.63, 3.8) is 0 Å². The lowest BCUT2D eigenvalue weighted by Crippen LogP contribution is -2.41. The molecule has 7 heteroatoms. The zero-order valence-corrected chi connectivity index (χ0v) is 16.8. The van der Waals surface area contributed by atoms with E-state index in [0.717, 1.165) is 25.1 Å². The van der Waals surface area contributed by atoms with Crippen LogP contribution in [-0.4, -0.2) is 49.6 Å². The minimum Gasteiger partial charge on any atom is -0.379 e. The molecule has 0 radical (unpaired) electrons. The molecule has 1 saturated heterocycles. The first-order chi connectivity index (χ1) is 14.1. The molecule has 1 aliphatic carbocycles. The molecule has 29 heavy (non-hydrogen) atoms. The SMILES string of the molecule is O=C(CN1CCOCC1)Nc1ccc(NC(=O)C2CC2c2ccccc2Cl)cc1. The second-order valence-corrected chi connectivity index (χ2v) is 7.88. The smallest absolute Gasteiger partial charge is 0.238 e. The van der Waals surface area contributed by atoms with Gasteiger partial charge in [0.15, 0.2) is 0 Å². The van der Waals surface area contributed by atoms with Crippen molar-refractivity contribution in [1.29, 1.82) is 0 Å². The maximum atomic E-state index is 12.5. The number of carbonyl (C=O) groups is 2. The number of nitrogens with one attached hydrogen (secondary N) is 2. The van der Waals surface area contributed by atoms with E-state index in [1.54, 1.807) is 24.3 Å². The summed E-state index contributed by atoms with van der Waals surface area (Å²) in [6, 6.07) is 14.9. The van der Waals surface area contributed by atoms with Crippen LogP contribution < -0.4 is 10.6 Å². The van der Waals surface area contributed by atoms with Gasteiger partial charge in [-0.05, 0) is 48.2 Å². The van der Waals surface area contributed by atoms with E-state index >= 15 is 0 Å². The van der Waals surface area contributed by atoms with Crippen molar-refractivity contribution in [3.8, 4) is 0 Å². The lowest BCUT2D eigenvalue weighted by molar-refractivity contribution is -0.118. The van der Waals surface area contributed by atoms with Gasteiger partial charge in [-0.2, -0.15) is 0 Å². The number of nitrogens with zero attached hydrogens (tertiary/aromatic N) is 1. The summed E-state index contributed by atoms with van der Waals surface area (Å²) in [4.78, 5) is 26.7. The van der Waals surface area contributed by atoms with Gasteiger partial charge in [-0.3, -0.25) is 14.5 Å². The van der Waals surface area contributed by atoms with Crippen LogP contribution in [-0.2, 0) is 14.3 Å². The average molecular weight is 414 g/mol. The molecule has 4 rings (SSSR count). The van der Waals surface area contributed by atoms with Crippen LogP contribution >= 0.6 is 11.6 Å². The summed E-state index contributed by atoms with van der Waals surface area (Å²) < 4.78 is 5.29. The van der Waals surface area contributed by atoms with Gasteiger partial charge in [-0.15, -0.1) is 0 Å². The zero-order chi connectivity index (χ0) is 20.2. The van der Waals surface area contributed by atoms with E-state index in [2.05, 4.69) is 15.5 Å². The third kappa shape index (κ3) is 5.15. The van der Waals surface area contributed by atoms with Crippen molar-refractivity contribution in [3.05, 3.63) is 59.1 Å². The molecular weight excluding hydrogens is 390 g/mol. The molecule has 0 spiro atoms. The quantitative estimate of drug-likeness (QED) is 0.761. The molecule has 2 amide bonds. The largest absolute Gasteiger partial charge is 0.379 e. The Balaban J connectivity index is 1.27. The highest BCUT2D eigenvalue weighted by Gasteiger charge is 2.44. The van der Waals surface area contributed by atoms with Crippen LogP contribution in [0.5, 0.6) is 0 Å². The van der Waals surface area contributed by atoms with E-state index < -0.39 is 0 Å². The number of amides is 2. The Morgan fingerprint density at radius 2 is 1.66 bits per heavy atom. The van der Waals surface area contributed by atoms with Gasteiger partial charge in [0, 0.05) is 35.4 Å². The standard InChI is InChI=1S/C22H24ClN3O3/c23-20-4-2-1-3-17(20)18-13-19(18)22(28)25-16-7-5-15(6-8-16)24-21(27)14-26-9-11-29-12-10-26/h1-8,18-19H,9-14H2,(H,24,27)(H,25,28). The number of morpholine rings is 1. The van der Waals surface area contributed by atoms with Gasteiger partial charge < -0.3 is 15.4 Å². The highest BCUT2D eigenvalue weighted by Crippen LogP contribution is 2.50. The van der Waals surface area contributed by atoms with Gasteiger partial charge >= 0.3 is 0 Å². The summed E-state index contributed by atoms with van der Waals surface area (Å²) in [6.45, 7) is 3.23. The molecule has 2 aliphatic rings. The fraction of sp³-hybridized carbons (Fsp3) is 0.364. The molecule has 2 aromatic rings. The van der Waals surface area contributed by atoms with Crippen LogP contribution in [0.3, 0.4) is 0 Å². The van der Waals surface area contributed by atoms with E-state index in [1.165, 1.54) is 0 Å². The van der Waals surface area contributed by atoms with Crippen molar-refractivity contribution in [2.24, 2.45) is 5.92 Å². The number of hydrogen-bond acceptors (Lipinski definition) is 4. The molecule has 2 fully saturated rings. The van der Waals surface area contributed by atoms with E-state index in [1.807, 2.05) is 24.3 Å². The minimum absolute atomic E-state index is 0.000905. The Bertz CT molecular complexity index is 881. The second-order valence-electron chi connectivity index (χ2n) is 7.47. The summed E-state index contributed by atoms with van der Waals surface area (Å²) in [5.74, 6) is 0.0773. The van der Waals surface area contributed by atoms with Gasteiger partial charge in [0.1, 0.15) is 0 Å². The zero-order valence-electron chi connectivity index (χ0n) is 16.1. The summed E-state index contributed by atoms with van der Waals surface area (Å²) in [5, 5.41) is 6.56. The molecule has 6 nitrogen and oxygen atoms in total. The van der Waals surface area contributed by atoms with Crippen molar-refractivity contribution < 1.29 is 14.3 Å². The number of halogens is 1. The van der Waals surface area contributed by atoms with Crippen molar-refractivity contribution in [1.82, 2.24) is 4.90 Å². The number of ether oxygens (including phenoxy) is 1. The highest BCUT2D eigenvalue weighted by molar-refractivity contribution is 6.31. The monoisotopic (exact) mass is 413 g/mol. The van der Waals surface area contributed by atoms with Crippen molar-refractivity contribution in [2.75, 3.05) is 43.5 Å². The third-order valence-corrected chi connectivity index (χ3v) is 5.68. The van der Waals surface area contributed by atoms with Crippen LogP contribution in [0.1, 0.15) is 17.9 Å². The Kier molecular flexibility index (Phi) is 6.13. The van der Waals surface area contributed by atoms with Crippen LogP contribution in [0.4, 0.5) is 11.4 Å². The fourth-order valence-electron chi connectivity index (χ4n) is 3.64. The molecule has 2 N–H and O–H groups in total. The first kappa shape index (κ1) is 19.9. The Hall–Kier alpha value is -2.41. The Morgan fingerprint density at radius 3 is 2.34 bits per heavy atom. The maximum absolute atomic E-state index is 12.5. The van der Waals surface area contributed by atoms with Gasteiger partial charge in [-0.1, -0.05) is 29.8 Å². The summed E-state index contributed by atoms with van der Waals surface area (Å²) in [6.07, 6.45) is 0.811. The predicted molar refractivity (Wildman–Crippen MR) is 113 cm³/mol. The van der Waals surface area contributed by atoms with Gasteiger partial charge in [0.2, 0.25) is 11.8 Å². The fourth-order valence-corrected chi connectivity index (χ4v) is 3.91. The molecular formula is C22H24ClN3O3. The topological polar surface area (TPSA) is 70.7 Å². The summed E-state index contributed by atoms with van der Waals surface area (Å²) in [5.41, 5.74) is 2.46. The molecule has 0 aromatic heterocycles. The number of hydrogen-bond donors (Lipinski definition) is 2. The Labute approximate surface area is 175 Å².